The summed E-state index contributed by atoms with van der Waals surface area (Å²) in [5, 5.41) is 12.1. The lowest BCUT2D eigenvalue weighted by Crippen LogP contribution is -2.39. The van der Waals surface area contributed by atoms with Crippen LogP contribution in [0.4, 0.5) is 15.0 Å². The summed E-state index contributed by atoms with van der Waals surface area (Å²) in [6.45, 7) is -0.568. The van der Waals surface area contributed by atoms with E-state index in [1.807, 2.05) is 30.3 Å². The van der Waals surface area contributed by atoms with Gasteiger partial charge in [0, 0.05) is 18.7 Å². The number of pyridine rings is 1. The van der Waals surface area contributed by atoms with Gasteiger partial charge in [0.1, 0.15) is 5.82 Å². The number of amides is 2. The highest BCUT2D eigenvalue weighted by molar-refractivity contribution is 5.88. The molecular formula is C17H18FN3O2. The number of hydrogen-bond acceptors (Lipinski definition) is 3. The van der Waals surface area contributed by atoms with Crippen molar-refractivity contribution in [2.24, 2.45) is 0 Å². The van der Waals surface area contributed by atoms with Crippen LogP contribution in [0.3, 0.4) is 0 Å². The molecule has 1 aliphatic heterocycles. The Morgan fingerprint density at radius 3 is 2.70 bits per heavy atom. The van der Waals surface area contributed by atoms with Crippen LogP contribution in [0.15, 0.2) is 54.7 Å². The molecule has 1 aromatic carbocycles. The van der Waals surface area contributed by atoms with Gasteiger partial charge < -0.3 is 10.0 Å². The third-order valence-electron chi connectivity index (χ3n) is 4.13. The first-order valence-corrected chi connectivity index (χ1v) is 7.44. The van der Waals surface area contributed by atoms with Gasteiger partial charge in [0.15, 0.2) is 5.67 Å². The number of carbonyl (C=O) groups is 1. The molecule has 0 unspecified atom stereocenters. The Bertz CT molecular complexity index is 668. The normalized spacial score (nSPS) is 23.7. The van der Waals surface area contributed by atoms with Crippen LogP contribution in [0, 0.1) is 0 Å². The van der Waals surface area contributed by atoms with Crippen LogP contribution in [0.2, 0.25) is 0 Å². The van der Waals surface area contributed by atoms with Crippen LogP contribution >= 0.6 is 0 Å². The van der Waals surface area contributed by atoms with E-state index in [1.165, 1.54) is 4.90 Å². The number of nitrogens with zero attached hydrogens (tertiary/aromatic N) is 2. The van der Waals surface area contributed by atoms with Crippen LogP contribution in [-0.4, -0.2) is 46.4 Å². The second-order valence-electron chi connectivity index (χ2n) is 5.68. The van der Waals surface area contributed by atoms with Crippen molar-refractivity contribution in [3.05, 3.63) is 60.3 Å². The van der Waals surface area contributed by atoms with Gasteiger partial charge in [-0.05, 0) is 17.7 Å². The standard InChI is InChI=1S/C17H18FN3O2/c18-17(12-22)11-21(10-14(17)13-6-2-1-3-7-13)16(23)20-15-8-4-5-9-19-15/h1-9,14,22H,10-12H2,(H,19,20,23)/t14-,17+/m0/s1. The van der Waals surface area contributed by atoms with E-state index in [4.69, 9.17) is 0 Å². The zero-order chi connectivity index (χ0) is 16.3. The highest BCUT2D eigenvalue weighted by Crippen LogP contribution is 2.39. The minimum Gasteiger partial charge on any atom is -0.393 e. The summed E-state index contributed by atoms with van der Waals surface area (Å²) in [6, 6.07) is 13.9. The number of halogens is 1. The molecule has 1 saturated heterocycles. The molecule has 0 bridgehead atoms. The molecule has 2 N–H and O–H groups in total. The molecule has 6 heteroatoms. The second-order valence-corrected chi connectivity index (χ2v) is 5.68. The molecule has 3 rings (SSSR count). The SMILES string of the molecule is O=C(Nc1ccccn1)N1C[C@@H](c2ccccc2)[C@](F)(CO)C1. The van der Waals surface area contributed by atoms with Crippen LogP contribution in [0.25, 0.3) is 0 Å². The Morgan fingerprint density at radius 2 is 2.04 bits per heavy atom. The fraction of sp³-hybridized carbons (Fsp3) is 0.294. The Labute approximate surface area is 133 Å². The highest BCUT2D eigenvalue weighted by Gasteiger charge is 2.49. The lowest BCUT2D eigenvalue weighted by Gasteiger charge is -2.23. The monoisotopic (exact) mass is 315 g/mol. The van der Waals surface area contributed by atoms with Gasteiger partial charge in [-0.1, -0.05) is 36.4 Å². The molecule has 2 amide bonds. The van der Waals surface area contributed by atoms with E-state index in [1.54, 1.807) is 24.4 Å². The number of likely N-dealkylation sites (tertiary alicyclic amines) is 1. The highest BCUT2D eigenvalue weighted by atomic mass is 19.1. The number of rotatable bonds is 3. The molecule has 0 radical (unpaired) electrons. The lowest BCUT2D eigenvalue weighted by molar-refractivity contribution is 0.0680. The van der Waals surface area contributed by atoms with Gasteiger partial charge in [-0.15, -0.1) is 0 Å². The summed E-state index contributed by atoms with van der Waals surface area (Å²) in [5.74, 6) is -0.141. The number of aliphatic hydroxyl groups is 1. The number of carbonyl (C=O) groups excluding carboxylic acids is 1. The molecule has 1 aromatic heterocycles. The maximum absolute atomic E-state index is 15.1. The first kappa shape index (κ1) is 15.4. The number of benzene rings is 1. The molecule has 5 nitrogen and oxygen atoms in total. The van der Waals surface area contributed by atoms with Crippen molar-refractivity contribution in [2.75, 3.05) is 25.0 Å². The maximum Gasteiger partial charge on any atom is 0.323 e. The second kappa shape index (κ2) is 6.34. The number of hydrogen-bond donors (Lipinski definition) is 2. The van der Waals surface area contributed by atoms with Gasteiger partial charge in [0.2, 0.25) is 0 Å². The number of urea groups is 1. The van der Waals surface area contributed by atoms with E-state index in [0.29, 0.717) is 5.82 Å². The van der Waals surface area contributed by atoms with Gasteiger partial charge in [0.05, 0.1) is 13.2 Å². The molecule has 2 atom stereocenters. The Hall–Kier alpha value is -2.47. The zero-order valence-electron chi connectivity index (χ0n) is 12.5. The summed E-state index contributed by atoms with van der Waals surface area (Å²) in [4.78, 5) is 17.7. The van der Waals surface area contributed by atoms with E-state index in [-0.39, 0.29) is 13.1 Å². The zero-order valence-corrected chi connectivity index (χ0v) is 12.5. The first-order valence-electron chi connectivity index (χ1n) is 7.44. The van der Waals surface area contributed by atoms with Crippen LogP contribution in [0.5, 0.6) is 0 Å². The maximum atomic E-state index is 15.1. The van der Waals surface area contributed by atoms with Gasteiger partial charge in [-0.2, -0.15) is 0 Å². The summed E-state index contributed by atoms with van der Waals surface area (Å²) < 4.78 is 15.1. The molecule has 0 spiro atoms. The fourth-order valence-electron chi connectivity index (χ4n) is 2.91. The summed E-state index contributed by atoms with van der Waals surface area (Å²) >= 11 is 0. The summed E-state index contributed by atoms with van der Waals surface area (Å²) in [7, 11) is 0. The first-order chi connectivity index (χ1) is 11.1. The number of anilines is 1. The third-order valence-corrected chi connectivity index (χ3v) is 4.13. The van der Waals surface area contributed by atoms with Crippen molar-refractivity contribution in [3.63, 3.8) is 0 Å². The quantitative estimate of drug-likeness (QED) is 0.914. The van der Waals surface area contributed by atoms with Crippen LogP contribution < -0.4 is 5.32 Å². The van der Waals surface area contributed by atoms with Crippen molar-refractivity contribution in [2.45, 2.75) is 11.6 Å². The summed E-state index contributed by atoms with van der Waals surface area (Å²) in [5.41, 5.74) is -1.07. The van der Waals surface area contributed by atoms with E-state index < -0.39 is 24.2 Å². The van der Waals surface area contributed by atoms with Crippen molar-refractivity contribution >= 4 is 11.8 Å². The summed E-state index contributed by atoms with van der Waals surface area (Å²) in [6.07, 6.45) is 1.57. The number of alkyl halides is 1. The lowest BCUT2D eigenvalue weighted by atomic mass is 9.87. The van der Waals surface area contributed by atoms with E-state index in [9.17, 15) is 9.90 Å². The fourth-order valence-corrected chi connectivity index (χ4v) is 2.91. The van der Waals surface area contributed by atoms with Crippen molar-refractivity contribution in [1.82, 2.24) is 9.88 Å². The van der Waals surface area contributed by atoms with E-state index in [0.717, 1.165) is 5.56 Å². The predicted molar refractivity (Wildman–Crippen MR) is 84.9 cm³/mol. The van der Waals surface area contributed by atoms with E-state index >= 15 is 4.39 Å². The molecule has 2 aromatic rings. The Kier molecular flexibility index (Phi) is 4.25. The Balaban J connectivity index is 1.77. The molecule has 23 heavy (non-hydrogen) atoms. The number of nitrogens with one attached hydrogen (secondary N) is 1. The van der Waals surface area contributed by atoms with Crippen molar-refractivity contribution in [1.29, 1.82) is 0 Å². The Morgan fingerprint density at radius 1 is 1.30 bits per heavy atom. The minimum absolute atomic E-state index is 0.151. The molecule has 120 valence electrons. The predicted octanol–water partition coefficient (Wildman–Crippen LogP) is 2.41. The van der Waals surface area contributed by atoms with Crippen LogP contribution in [-0.2, 0) is 0 Å². The molecule has 1 aliphatic rings. The third kappa shape index (κ3) is 3.17. The molecular weight excluding hydrogens is 297 g/mol. The topological polar surface area (TPSA) is 65.5 Å². The van der Waals surface area contributed by atoms with Crippen molar-refractivity contribution < 1.29 is 14.3 Å². The molecule has 0 saturated carbocycles. The molecule has 1 fully saturated rings. The average Bonchev–Trinajstić information content (AvgIpc) is 2.95. The number of aromatic nitrogens is 1. The number of aliphatic hydroxyl groups excluding tert-OH is 1. The van der Waals surface area contributed by atoms with Gasteiger partial charge in [-0.3, -0.25) is 5.32 Å². The largest absolute Gasteiger partial charge is 0.393 e. The van der Waals surface area contributed by atoms with Crippen molar-refractivity contribution in [3.8, 4) is 0 Å². The van der Waals surface area contributed by atoms with Gasteiger partial charge >= 0.3 is 6.03 Å². The van der Waals surface area contributed by atoms with Crippen LogP contribution in [0.1, 0.15) is 11.5 Å². The average molecular weight is 315 g/mol. The molecule has 2 heterocycles. The van der Waals surface area contributed by atoms with E-state index in [2.05, 4.69) is 10.3 Å². The smallest absolute Gasteiger partial charge is 0.323 e. The minimum atomic E-state index is -1.84. The molecule has 0 aliphatic carbocycles. The van der Waals surface area contributed by atoms with Gasteiger partial charge in [-0.25, -0.2) is 14.2 Å². The van der Waals surface area contributed by atoms with Gasteiger partial charge in [0.25, 0.3) is 0 Å².